The topological polar surface area (TPSA) is 60.9 Å². The van der Waals surface area contributed by atoms with Crippen LogP contribution in [0.1, 0.15) is 19.3 Å². The Morgan fingerprint density at radius 1 is 1.18 bits per heavy atom. The van der Waals surface area contributed by atoms with Gasteiger partial charge >= 0.3 is 5.97 Å². The molecule has 0 fully saturated rings. The predicted molar refractivity (Wildman–Crippen MR) is 66.8 cm³/mol. The molecule has 0 bridgehead atoms. The number of carboxylic acids is 1. The summed E-state index contributed by atoms with van der Waals surface area (Å²) in [7, 11) is 5.59. The minimum absolute atomic E-state index is 0.135. The molecule has 0 radical (unpaired) electrons. The number of thiophene rings is 1. The van der Waals surface area contributed by atoms with Crippen molar-refractivity contribution in [2.45, 2.75) is 0 Å². The normalized spacial score (nSPS) is 10.6. The average Bonchev–Trinajstić information content (AvgIpc) is 2.73. The monoisotopic (exact) mass is 256 g/mol. The lowest BCUT2D eigenvalue weighted by atomic mass is 10.4. The second-order valence-corrected chi connectivity index (χ2v) is 5.08. The number of hydrogen-bond acceptors (Lipinski definition) is 4. The van der Waals surface area contributed by atoms with Crippen LogP contribution in [0.4, 0.5) is 0 Å². The molecule has 17 heavy (non-hydrogen) atoms. The van der Waals surface area contributed by atoms with Crippen molar-refractivity contribution in [3.05, 3.63) is 21.9 Å². The van der Waals surface area contributed by atoms with Gasteiger partial charge in [0.25, 0.3) is 5.91 Å². The fourth-order valence-electron chi connectivity index (χ4n) is 1.21. The number of amides is 1. The summed E-state index contributed by atoms with van der Waals surface area (Å²) < 4.78 is 0. The molecule has 1 aromatic heterocycles. The van der Waals surface area contributed by atoms with Crippen LogP contribution in [0.15, 0.2) is 12.1 Å². The van der Waals surface area contributed by atoms with Gasteiger partial charge in [-0.05, 0) is 26.2 Å². The van der Waals surface area contributed by atoms with E-state index in [0.717, 1.165) is 17.9 Å². The Balaban J connectivity index is 2.65. The van der Waals surface area contributed by atoms with Crippen molar-refractivity contribution in [3.63, 3.8) is 0 Å². The van der Waals surface area contributed by atoms with E-state index in [1.165, 1.54) is 6.07 Å². The zero-order chi connectivity index (χ0) is 13.0. The summed E-state index contributed by atoms with van der Waals surface area (Å²) in [4.78, 5) is 26.9. The van der Waals surface area contributed by atoms with Gasteiger partial charge in [0, 0.05) is 20.1 Å². The minimum Gasteiger partial charge on any atom is -0.477 e. The number of aromatic carboxylic acids is 1. The molecule has 6 heteroatoms. The molecular weight excluding hydrogens is 240 g/mol. The number of rotatable bonds is 5. The summed E-state index contributed by atoms with van der Waals surface area (Å²) in [5, 5.41) is 8.77. The molecule has 0 aromatic carbocycles. The van der Waals surface area contributed by atoms with E-state index in [0.29, 0.717) is 11.4 Å². The average molecular weight is 256 g/mol. The second-order valence-electron chi connectivity index (χ2n) is 4.00. The van der Waals surface area contributed by atoms with E-state index >= 15 is 0 Å². The molecule has 1 amide bonds. The van der Waals surface area contributed by atoms with Crippen LogP contribution in [0.3, 0.4) is 0 Å². The van der Waals surface area contributed by atoms with Gasteiger partial charge in [-0.2, -0.15) is 0 Å². The van der Waals surface area contributed by atoms with Crippen molar-refractivity contribution >= 4 is 23.2 Å². The van der Waals surface area contributed by atoms with Gasteiger partial charge < -0.3 is 14.9 Å². The Bertz CT molecular complexity index is 415. The molecule has 0 atom stereocenters. The van der Waals surface area contributed by atoms with Gasteiger partial charge in [0.05, 0.1) is 4.88 Å². The Hall–Kier alpha value is -1.40. The predicted octanol–water partition coefficient (Wildman–Crippen LogP) is 1.08. The summed E-state index contributed by atoms with van der Waals surface area (Å²) >= 11 is 1.01. The molecule has 0 aliphatic carbocycles. The number of nitrogens with zero attached hydrogens (tertiary/aromatic N) is 2. The lowest BCUT2D eigenvalue weighted by Crippen LogP contribution is -2.33. The highest BCUT2D eigenvalue weighted by atomic mass is 32.1. The molecule has 0 aliphatic heterocycles. The van der Waals surface area contributed by atoms with Crippen molar-refractivity contribution in [1.82, 2.24) is 9.80 Å². The zero-order valence-electron chi connectivity index (χ0n) is 10.1. The molecule has 0 saturated heterocycles. The van der Waals surface area contributed by atoms with Crippen molar-refractivity contribution in [3.8, 4) is 0 Å². The first-order chi connectivity index (χ1) is 7.91. The Morgan fingerprint density at radius 2 is 1.76 bits per heavy atom. The summed E-state index contributed by atoms with van der Waals surface area (Å²) in [6, 6.07) is 3.02. The quantitative estimate of drug-likeness (QED) is 0.856. The third-order valence-electron chi connectivity index (χ3n) is 2.26. The second kappa shape index (κ2) is 5.79. The number of carboxylic acid groups (broad SMARTS) is 1. The van der Waals surface area contributed by atoms with Gasteiger partial charge in [-0.15, -0.1) is 11.3 Å². The molecule has 0 aliphatic rings. The van der Waals surface area contributed by atoms with Crippen LogP contribution >= 0.6 is 11.3 Å². The van der Waals surface area contributed by atoms with Crippen LogP contribution in [0, 0.1) is 0 Å². The number of carbonyl (C=O) groups is 2. The van der Waals surface area contributed by atoms with Crippen molar-refractivity contribution in [2.24, 2.45) is 0 Å². The van der Waals surface area contributed by atoms with E-state index in [-0.39, 0.29) is 10.8 Å². The number of carbonyl (C=O) groups excluding carboxylic acids is 1. The van der Waals surface area contributed by atoms with Crippen LogP contribution in [-0.2, 0) is 0 Å². The highest BCUT2D eigenvalue weighted by molar-refractivity contribution is 7.15. The van der Waals surface area contributed by atoms with Gasteiger partial charge in [-0.3, -0.25) is 4.79 Å². The minimum atomic E-state index is -0.995. The maximum atomic E-state index is 11.9. The fraction of sp³-hybridized carbons (Fsp3) is 0.455. The van der Waals surface area contributed by atoms with E-state index in [1.807, 2.05) is 19.0 Å². The molecule has 5 nitrogen and oxygen atoms in total. The summed E-state index contributed by atoms with van der Waals surface area (Å²) in [6.07, 6.45) is 0. The third-order valence-corrected chi connectivity index (χ3v) is 3.32. The van der Waals surface area contributed by atoms with Crippen LogP contribution < -0.4 is 0 Å². The number of likely N-dealkylation sites (N-methyl/N-ethyl adjacent to an activating group) is 2. The Morgan fingerprint density at radius 3 is 2.24 bits per heavy atom. The molecule has 1 heterocycles. The van der Waals surface area contributed by atoms with Crippen LogP contribution in [0.2, 0.25) is 0 Å². The van der Waals surface area contributed by atoms with E-state index in [2.05, 4.69) is 0 Å². The van der Waals surface area contributed by atoms with E-state index in [4.69, 9.17) is 5.11 Å². The van der Waals surface area contributed by atoms with E-state index < -0.39 is 5.97 Å². The molecule has 1 aromatic rings. The van der Waals surface area contributed by atoms with E-state index in [1.54, 1.807) is 18.0 Å². The van der Waals surface area contributed by atoms with Gasteiger partial charge in [-0.1, -0.05) is 0 Å². The highest BCUT2D eigenvalue weighted by Gasteiger charge is 2.16. The van der Waals surface area contributed by atoms with Crippen LogP contribution in [-0.4, -0.2) is 61.0 Å². The molecule has 94 valence electrons. The van der Waals surface area contributed by atoms with Gasteiger partial charge in [0.15, 0.2) is 0 Å². The maximum absolute atomic E-state index is 11.9. The molecule has 0 spiro atoms. The summed E-state index contributed by atoms with van der Waals surface area (Å²) in [5.74, 6) is -1.13. The molecule has 1 N–H and O–H groups in total. The van der Waals surface area contributed by atoms with Crippen LogP contribution in [0.25, 0.3) is 0 Å². The molecule has 0 unspecified atom stereocenters. The summed E-state index contributed by atoms with van der Waals surface area (Å²) in [5.41, 5.74) is 0. The van der Waals surface area contributed by atoms with Crippen molar-refractivity contribution in [1.29, 1.82) is 0 Å². The van der Waals surface area contributed by atoms with Gasteiger partial charge in [-0.25, -0.2) is 4.79 Å². The third kappa shape index (κ3) is 3.83. The smallest absolute Gasteiger partial charge is 0.345 e. The lowest BCUT2D eigenvalue weighted by molar-refractivity contribution is 0.0701. The van der Waals surface area contributed by atoms with Crippen molar-refractivity contribution < 1.29 is 14.7 Å². The number of hydrogen-bond donors (Lipinski definition) is 1. The largest absolute Gasteiger partial charge is 0.477 e. The highest BCUT2D eigenvalue weighted by Crippen LogP contribution is 2.17. The molecule has 0 saturated carbocycles. The fourth-order valence-corrected chi connectivity index (χ4v) is 2.05. The Labute approximate surface area is 104 Å². The molecule has 1 rings (SSSR count). The lowest BCUT2D eigenvalue weighted by Gasteiger charge is -2.18. The first-order valence-corrected chi connectivity index (χ1v) is 5.96. The van der Waals surface area contributed by atoms with Crippen molar-refractivity contribution in [2.75, 3.05) is 34.2 Å². The standard InChI is InChI=1S/C11H16N2O3S/c1-12(2)6-7-13(3)10(14)8-4-5-9(17-8)11(15)16/h4-5H,6-7H2,1-3H3,(H,15,16). The first kappa shape index (κ1) is 13.7. The van der Waals surface area contributed by atoms with Crippen LogP contribution in [0.5, 0.6) is 0 Å². The Kier molecular flexibility index (Phi) is 4.65. The molecular formula is C11H16N2O3S. The summed E-state index contributed by atoms with van der Waals surface area (Å²) in [6.45, 7) is 1.39. The first-order valence-electron chi connectivity index (χ1n) is 5.15. The van der Waals surface area contributed by atoms with E-state index in [9.17, 15) is 9.59 Å². The zero-order valence-corrected chi connectivity index (χ0v) is 11.0. The SMILES string of the molecule is CN(C)CCN(C)C(=O)c1ccc(C(=O)O)s1. The maximum Gasteiger partial charge on any atom is 0.345 e. The van der Waals surface area contributed by atoms with Gasteiger partial charge in [0.1, 0.15) is 4.88 Å². The van der Waals surface area contributed by atoms with Gasteiger partial charge in [0.2, 0.25) is 0 Å².